The lowest BCUT2D eigenvalue weighted by molar-refractivity contribution is 0.0600. The molecule has 1 fully saturated rings. The van der Waals surface area contributed by atoms with Gasteiger partial charge in [-0.2, -0.15) is 0 Å². The fraction of sp³-hybridized carbons (Fsp3) is 0.429. The van der Waals surface area contributed by atoms with Gasteiger partial charge in [0, 0.05) is 37.7 Å². The number of halogens is 1. The smallest absolute Gasteiger partial charge is 0.407 e. The zero-order chi connectivity index (χ0) is 15.4. The summed E-state index contributed by atoms with van der Waals surface area (Å²) in [5.74, 6) is -0.418. The lowest BCUT2D eigenvalue weighted by Gasteiger charge is -2.33. The van der Waals surface area contributed by atoms with Crippen LogP contribution < -0.4 is 0 Å². The Kier molecular flexibility index (Phi) is 5.03. The fourth-order valence-corrected chi connectivity index (χ4v) is 2.50. The summed E-state index contributed by atoms with van der Waals surface area (Å²) in [6, 6.07) is 5.08. The number of piperazine rings is 1. The van der Waals surface area contributed by atoms with Gasteiger partial charge in [-0.25, -0.2) is 9.59 Å². The van der Waals surface area contributed by atoms with E-state index in [0.717, 1.165) is 5.56 Å². The third kappa shape index (κ3) is 3.86. The van der Waals surface area contributed by atoms with Gasteiger partial charge in [0.15, 0.2) is 0 Å². The minimum atomic E-state index is -0.880. The van der Waals surface area contributed by atoms with Crippen molar-refractivity contribution in [2.45, 2.75) is 6.54 Å². The molecule has 21 heavy (non-hydrogen) atoms. The van der Waals surface area contributed by atoms with Gasteiger partial charge in [-0.1, -0.05) is 17.7 Å². The van der Waals surface area contributed by atoms with Crippen molar-refractivity contribution in [2.75, 3.05) is 33.3 Å². The van der Waals surface area contributed by atoms with Crippen molar-refractivity contribution in [1.29, 1.82) is 0 Å². The van der Waals surface area contributed by atoms with E-state index >= 15 is 0 Å². The Labute approximate surface area is 127 Å². The second-order valence-corrected chi connectivity index (χ2v) is 5.25. The number of nitrogens with zero attached hydrogens (tertiary/aromatic N) is 2. The van der Waals surface area contributed by atoms with Crippen LogP contribution in [0.5, 0.6) is 0 Å². The molecule has 0 saturated carbocycles. The monoisotopic (exact) mass is 312 g/mol. The molecule has 114 valence electrons. The van der Waals surface area contributed by atoms with Crippen LogP contribution in [0, 0.1) is 0 Å². The molecule has 7 heteroatoms. The van der Waals surface area contributed by atoms with Crippen molar-refractivity contribution in [3.63, 3.8) is 0 Å². The molecule has 1 amide bonds. The van der Waals surface area contributed by atoms with Crippen molar-refractivity contribution in [1.82, 2.24) is 9.80 Å². The number of rotatable bonds is 3. The van der Waals surface area contributed by atoms with Crippen molar-refractivity contribution in [3.05, 3.63) is 34.3 Å². The Morgan fingerprint density at radius 3 is 2.48 bits per heavy atom. The summed E-state index contributed by atoms with van der Waals surface area (Å²) in [5, 5.41) is 9.42. The van der Waals surface area contributed by atoms with Gasteiger partial charge in [-0.05, 0) is 17.7 Å². The van der Waals surface area contributed by atoms with Crippen LogP contribution in [-0.4, -0.2) is 60.3 Å². The van der Waals surface area contributed by atoms with Crippen LogP contribution in [0.2, 0.25) is 5.02 Å². The second-order valence-electron chi connectivity index (χ2n) is 4.84. The van der Waals surface area contributed by atoms with Gasteiger partial charge in [0.05, 0.1) is 12.7 Å². The average molecular weight is 313 g/mol. The maximum Gasteiger partial charge on any atom is 0.407 e. The summed E-state index contributed by atoms with van der Waals surface area (Å²) < 4.78 is 4.65. The number of amides is 1. The SMILES string of the molecule is COC(=O)c1ccc(CN2CCN(C(=O)O)CC2)c(Cl)c1. The maximum atomic E-state index is 11.4. The Bertz CT molecular complexity index is 542. The van der Waals surface area contributed by atoms with E-state index in [2.05, 4.69) is 9.64 Å². The van der Waals surface area contributed by atoms with Gasteiger partial charge >= 0.3 is 12.1 Å². The summed E-state index contributed by atoms with van der Waals surface area (Å²) in [6.07, 6.45) is -0.880. The molecule has 1 N–H and O–H groups in total. The molecule has 1 aliphatic rings. The number of hydrogen-bond acceptors (Lipinski definition) is 4. The molecule has 2 rings (SSSR count). The number of esters is 1. The number of carboxylic acid groups (broad SMARTS) is 1. The van der Waals surface area contributed by atoms with Crippen LogP contribution in [-0.2, 0) is 11.3 Å². The summed E-state index contributed by atoms with van der Waals surface area (Å²) in [6.45, 7) is 2.96. The predicted molar refractivity (Wildman–Crippen MR) is 77.7 cm³/mol. The highest BCUT2D eigenvalue weighted by Gasteiger charge is 2.21. The van der Waals surface area contributed by atoms with Crippen molar-refractivity contribution < 1.29 is 19.4 Å². The van der Waals surface area contributed by atoms with Crippen molar-refractivity contribution >= 4 is 23.7 Å². The molecule has 0 radical (unpaired) electrons. The standard InChI is InChI=1S/C14H17ClN2O4/c1-21-13(18)10-2-3-11(12(15)8-10)9-16-4-6-17(7-5-16)14(19)20/h2-3,8H,4-7,9H2,1H3,(H,19,20). The van der Waals surface area contributed by atoms with Crippen LogP contribution in [0.25, 0.3) is 0 Å². The normalized spacial score (nSPS) is 15.8. The number of benzene rings is 1. The summed E-state index contributed by atoms with van der Waals surface area (Å²) in [7, 11) is 1.33. The second kappa shape index (κ2) is 6.78. The van der Waals surface area contributed by atoms with Crippen LogP contribution in [0.1, 0.15) is 15.9 Å². The molecule has 0 aromatic heterocycles. The quantitative estimate of drug-likeness (QED) is 0.864. The number of carbonyl (C=O) groups is 2. The highest BCUT2D eigenvalue weighted by Crippen LogP contribution is 2.21. The van der Waals surface area contributed by atoms with Crippen molar-refractivity contribution in [3.8, 4) is 0 Å². The van der Waals surface area contributed by atoms with Gasteiger partial charge in [0.1, 0.15) is 0 Å². The molecule has 0 unspecified atom stereocenters. The zero-order valence-electron chi connectivity index (χ0n) is 11.7. The van der Waals surface area contributed by atoms with Crippen LogP contribution in [0.15, 0.2) is 18.2 Å². The molecule has 1 aliphatic heterocycles. The van der Waals surface area contributed by atoms with Gasteiger partial charge in [0.2, 0.25) is 0 Å². The van der Waals surface area contributed by atoms with Crippen LogP contribution in [0.3, 0.4) is 0 Å². The predicted octanol–water partition coefficient (Wildman–Crippen LogP) is 1.92. The van der Waals surface area contributed by atoms with Gasteiger partial charge in [0.25, 0.3) is 0 Å². The Balaban J connectivity index is 1.98. The van der Waals surface area contributed by atoms with Crippen LogP contribution in [0.4, 0.5) is 4.79 Å². The van der Waals surface area contributed by atoms with E-state index in [-0.39, 0.29) is 0 Å². The molecule has 0 spiro atoms. The maximum absolute atomic E-state index is 11.4. The van der Waals surface area contributed by atoms with Gasteiger partial charge < -0.3 is 14.7 Å². The largest absolute Gasteiger partial charge is 0.465 e. The van der Waals surface area contributed by atoms with E-state index in [4.69, 9.17) is 16.7 Å². The molecule has 1 heterocycles. The van der Waals surface area contributed by atoms with E-state index in [0.29, 0.717) is 43.3 Å². The molecule has 1 aromatic carbocycles. The van der Waals surface area contributed by atoms with E-state index < -0.39 is 12.1 Å². The van der Waals surface area contributed by atoms with Crippen LogP contribution >= 0.6 is 11.6 Å². The Hall–Kier alpha value is -1.79. The Morgan fingerprint density at radius 2 is 1.95 bits per heavy atom. The first-order valence-electron chi connectivity index (χ1n) is 6.58. The first-order valence-corrected chi connectivity index (χ1v) is 6.96. The first kappa shape index (κ1) is 15.6. The van der Waals surface area contributed by atoms with Gasteiger partial charge in [-0.15, -0.1) is 0 Å². The zero-order valence-corrected chi connectivity index (χ0v) is 12.5. The van der Waals surface area contributed by atoms with E-state index in [9.17, 15) is 9.59 Å². The summed E-state index contributed by atoms with van der Waals surface area (Å²) in [4.78, 5) is 25.8. The van der Waals surface area contributed by atoms with E-state index in [1.807, 2.05) is 0 Å². The minimum Gasteiger partial charge on any atom is -0.465 e. The summed E-state index contributed by atoms with van der Waals surface area (Å²) in [5.41, 5.74) is 1.33. The molecule has 1 aromatic rings. The molecule has 1 saturated heterocycles. The van der Waals surface area contributed by atoms with E-state index in [1.165, 1.54) is 12.0 Å². The Morgan fingerprint density at radius 1 is 1.29 bits per heavy atom. The summed E-state index contributed by atoms with van der Waals surface area (Å²) >= 11 is 6.19. The highest BCUT2D eigenvalue weighted by molar-refractivity contribution is 6.31. The lowest BCUT2D eigenvalue weighted by atomic mass is 10.1. The first-order chi connectivity index (χ1) is 10.0. The van der Waals surface area contributed by atoms with Crippen molar-refractivity contribution in [2.24, 2.45) is 0 Å². The number of carbonyl (C=O) groups excluding carboxylic acids is 1. The molecular formula is C14H17ClN2O4. The molecule has 0 aliphatic carbocycles. The highest BCUT2D eigenvalue weighted by atomic mass is 35.5. The minimum absolute atomic E-state index is 0.418. The lowest BCUT2D eigenvalue weighted by Crippen LogP contribution is -2.47. The number of ether oxygens (including phenoxy) is 1. The molecule has 0 atom stereocenters. The molecule has 0 bridgehead atoms. The average Bonchev–Trinajstić information content (AvgIpc) is 2.49. The third-order valence-corrected chi connectivity index (χ3v) is 3.86. The molecular weight excluding hydrogens is 296 g/mol. The topological polar surface area (TPSA) is 70.1 Å². The van der Waals surface area contributed by atoms with E-state index in [1.54, 1.807) is 18.2 Å². The van der Waals surface area contributed by atoms with Gasteiger partial charge in [-0.3, -0.25) is 4.90 Å². The third-order valence-electron chi connectivity index (χ3n) is 3.51. The number of hydrogen-bond donors (Lipinski definition) is 1. The fourth-order valence-electron chi connectivity index (χ4n) is 2.26. The molecule has 6 nitrogen and oxygen atoms in total. The number of methoxy groups -OCH3 is 1.